The van der Waals surface area contributed by atoms with Crippen molar-refractivity contribution >= 4 is 0 Å². The van der Waals surface area contributed by atoms with E-state index < -0.39 is 12.5 Å². The maximum absolute atomic E-state index is 12.2. The fourth-order valence-electron chi connectivity index (χ4n) is 1.03. The van der Waals surface area contributed by atoms with Crippen LogP contribution in [-0.4, -0.2) is 31.7 Å². The summed E-state index contributed by atoms with van der Waals surface area (Å²) in [5.41, 5.74) is 0. The molecule has 1 N–H and O–H groups in total. The fraction of sp³-hybridized carbons (Fsp3) is 1.00. The summed E-state index contributed by atoms with van der Waals surface area (Å²) in [6.45, 7) is 1.99. The molecule has 1 aliphatic heterocycles. The quantitative estimate of drug-likeness (QED) is 0.674. The van der Waals surface area contributed by atoms with E-state index in [1.807, 2.05) is 0 Å². The normalized spacial score (nSPS) is 25.9. The first-order chi connectivity index (χ1) is 5.08. The van der Waals surface area contributed by atoms with E-state index in [9.17, 15) is 8.78 Å². The van der Waals surface area contributed by atoms with Crippen LogP contribution in [0.4, 0.5) is 8.78 Å². The summed E-state index contributed by atoms with van der Waals surface area (Å²) < 4.78 is 29.4. The van der Waals surface area contributed by atoms with Crippen LogP contribution in [0.1, 0.15) is 13.3 Å². The first-order valence-corrected chi connectivity index (χ1v) is 3.78. The molecule has 1 heterocycles. The van der Waals surface area contributed by atoms with Gasteiger partial charge in [-0.1, -0.05) is 0 Å². The van der Waals surface area contributed by atoms with Crippen molar-refractivity contribution in [3.8, 4) is 0 Å². The smallest absolute Gasteiger partial charge is 0.268 e. The van der Waals surface area contributed by atoms with Crippen molar-refractivity contribution in [1.29, 1.82) is 0 Å². The summed E-state index contributed by atoms with van der Waals surface area (Å²) in [6, 6.07) is 0. The van der Waals surface area contributed by atoms with E-state index in [0.29, 0.717) is 6.54 Å². The van der Waals surface area contributed by atoms with Crippen LogP contribution in [0.25, 0.3) is 0 Å². The van der Waals surface area contributed by atoms with Gasteiger partial charge in [-0.3, -0.25) is 0 Å². The Kier molecular flexibility index (Phi) is 2.78. The lowest BCUT2D eigenvalue weighted by Gasteiger charge is -2.14. The maximum Gasteiger partial charge on any atom is 0.268 e. The average Bonchev–Trinajstić information content (AvgIpc) is 2.32. The summed E-state index contributed by atoms with van der Waals surface area (Å²) >= 11 is 0. The molecule has 0 aromatic rings. The zero-order valence-electron chi connectivity index (χ0n) is 6.57. The van der Waals surface area contributed by atoms with Crippen molar-refractivity contribution < 1.29 is 13.5 Å². The van der Waals surface area contributed by atoms with Gasteiger partial charge >= 0.3 is 0 Å². The zero-order chi connectivity index (χ0) is 8.32. The maximum atomic E-state index is 12.2. The van der Waals surface area contributed by atoms with E-state index >= 15 is 0 Å². The average molecular weight is 165 g/mol. The van der Waals surface area contributed by atoms with Gasteiger partial charge in [0.2, 0.25) is 0 Å². The van der Waals surface area contributed by atoms with Crippen molar-refractivity contribution in [2.75, 3.05) is 19.7 Å². The summed E-state index contributed by atoms with van der Waals surface area (Å²) in [7, 11) is 0. The van der Waals surface area contributed by atoms with Gasteiger partial charge in [-0.05, 0) is 13.0 Å². The number of nitrogens with one attached hydrogen (secondary N) is 1. The van der Waals surface area contributed by atoms with Gasteiger partial charge in [0.15, 0.2) is 0 Å². The lowest BCUT2D eigenvalue weighted by molar-refractivity contribution is -0.0824. The number of alkyl halides is 2. The zero-order valence-corrected chi connectivity index (χ0v) is 6.57. The second kappa shape index (κ2) is 3.45. The van der Waals surface area contributed by atoms with E-state index in [2.05, 4.69) is 5.32 Å². The van der Waals surface area contributed by atoms with Gasteiger partial charge in [0.25, 0.3) is 5.92 Å². The van der Waals surface area contributed by atoms with Crippen LogP contribution in [-0.2, 0) is 4.74 Å². The molecule has 11 heavy (non-hydrogen) atoms. The first-order valence-electron chi connectivity index (χ1n) is 3.78. The van der Waals surface area contributed by atoms with Gasteiger partial charge in [0.1, 0.15) is 6.61 Å². The Morgan fingerprint density at radius 1 is 1.64 bits per heavy atom. The Labute approximate surface area is 64.9 Å². The molecule has 1 aliphatic rings. The molecule has 1 atom stereocenters. The molecule has 0 amide bonds. The van der Waals surface area contributed by atoms with E-state index in [1.165, 1.54) is 0 Å². The van der Waals surface area contributed by atoms with Crippen molar-refractivity contribution in [1.82, 2.24) is 5.32 Å². The number of rotatable bonds is 3. The van der Waals surface area contributed by atoms with Crippen molar-refractivity contribution in [3.05, 3.63) is 0 Å². The number of hydrogen-bond donors (Lipinski definition) is 1. The van der Waals surface area contributed by atoms with E-state index in [0.717, 1.165) is 19.9 Å². The van der Waals surface area contributed by atoms with Gasteiger partial charge in [-0.25, -0.2) is 8.78 Å². The standard InChI is InChI=1S/C7H13F2NO/c1-7(8,9)5-11-6-2-3-10-4-6/h6,10H,2-5H2,1H3. The molecule has 1 fully saturated rings. The largest absolute Gasteiger partial charge is 0.371 e. The van der Waals surface area contributed by atoms with Gasteiger partial charge in [0, 0.05) is 13.5 Å². The predicted molar refractivity (Wildman–Crippen MR) is 37.8 cm³/mol. The highest BCUT2D eigenvalue weighted by atomic mass is 19.3. The van der Waals surface area contributed by atoms with Crippen LogP contribution < -0.4 is 5.32 Å². The molecule has 1 unspecified atom stereocenters. The SMILES string of the molecule is CC(F)(F)COC1CCNC1. The molecule has 1 saturated heterocycles. The monoisotopic (exact) mass is 165 g/mol. The molecule has 0 aromatic carbocycles. The first kappa shape index (κ1) is 8.87. The van der Waals surface area contributed by atoms with E-state index in [-0.39, 0.29) is 6.10 Å². The Morgan fingerprint density at radius 2 is 2.36 bits per heavy atom. The molecule has 0 aromatic heterocycles. The predicted octanol–water partition coefficient (Wildman–Crippen LogP) is 1.02. The molecule has 0 aliphatic carbocycles. The third-order valence-corrected chi connectivity index (χ3v) is 1.59. The van der Waals surface area contributed by atoms with Crippen LogP contribution in [0.2, 0.25) is 0 Å². The van der Waals surface area contributed by atoms with Gasteiger partial charge in [-0.2, -0.15) is 0 Å². The fourth-order valence-corrected chi connectivity index (χ4v) is 1.03. The highest BCUT2D eigenvalue weighted by Gasteiger charge is 2.24. The Morgan fingerprint density at radius 3 is 2.82 bits per heavy atom. The summed E-state index contributed by atoms with van der Waals surface area (Å²) in [6.07, 6.45) is 0.830. The molecule has 66 valence electrons. The van der Waals surface area contributed by atoms with Crippen LogP contribution >= 0.6 is 0 Å². The minimum atomic E-state index is -2.69. The van der Waals surface area contributed by atoms with Crippen molar-refractivity contribution in [2.45, 2.75) is 25.4 Å². The lowest BCUT2D eigenvalue weighted by Crippen LogP contribution is -2.25. The molecule has 0 saturated carbocycles. The molecule has 0 spiro atoms. The Hall–Kier alpha value is -0.220. The summed E-state index contributed by atoms with van der Waals surface area (Å²) in [5.74, 6) is -2.69. The Bertz CT molecular complexity index is 118. The van der Waals surface area contributed by atoms with Gasteiger partial charge in [-0.15, -0.1) is 0 Å². The second-order valence-corrected chi connectivity index (χ2v) is 3.00. The number of ether oxygens (including phenoxy) is 1. The van der Waals surface area contributed by atoms with Crippen LogP contribution in [0.3, 0.4) is 0 Å². The molecular weight excluding hydrogens is 152 g/mol. The molecule has 2 nitrogen and oxygen atoms in total. The van der Waals surface area contributed by atoms with Gasteiger partial charge in [0.05, 0.1) is 6.10 Å². The molecular formula is C7H13F2NO. The summed E-state index contributed by atoms with van der Waals surface area (Å²) in [4.78, 5) is 0. The number of halogens is 2. The second-order valence-electron chi connectivity index (χ2n) is 3.00. The van der Waals surface area contributed by atoms with Crippen LogP contribution in [0, 0.1) is 0 Å². The Balaban J connectivity index is 2.11. The third-order valence-electron chi connectivity index (χ3n) is 1.59. The lowest BCUT2D eigenvalue weighted by atomic mass is 10.3. The minimum Gasteiger partial charge on any atom is -0.371 e. The highest BCUT2D eigenvalue weighted by Crippen LogP contribution is 2.14. The third kappa shape index (κ3) is 3.62. The summed E-state index contributed by atoms with van der Waals surface area (Å²) in [5, 5.41) is 3.04. The van der Waals surface area contributed by atoms with E-state index in [1.54, 1.807) is 0 Å². The molecule has 0 radical (unpaired) electrons. The molecule has 4 heteroatoms. The van der Waals surface area contributed by atoms with E-state index in [4.69, 9.17) is 4.74 Å². The minimum absolute atomic E-state index is 0.0131. The van der Waals surface area contributed by atoms with Gasteiger partial charge < -0.3 is 10.1 Å². The topological polar surface area (TPSA) is 21.3 Å². The molecule has 1 rings (SSSR count). The van der Waals surface area contributed by atoms with Crippen molar-refractivity contribution in [2.24, 2.45) is 0 Å². The van der Waals surface area contributed by atoms with Crippen molar-refractivity contribution in [3.63, 3.8) is 0 Å². The molecule has 0 bridgehead atoms. The number of hydrogen-bond acceptors (Lipinski definition) is 2. The highest BCUT2D eigenvalue weighted by molar-refractivity contribution is 4.72. The van der Waals surface area contributed by atoms with Crippen LogP contribution in [0.5, 0.6) is 0 Å². The van der Waals surface area contributed by atoms with Crippen LogP contribution in [0.15, 0.2) is 0 Å².